The van der Waals surface area contributed by atoms with E-state index in [0.717, 1.165) is 16.7 Å². The molecule has 2 amide bonds. The van der Waals surface area contributed by atoms with Crippen molar-refractivity contribution >= 4 is 42.4 Å². The zero-order valence-corrected chi connectivity index (χ0v) is 26.6. The fraction of sp³-hybridized carbons (Fsp3) is 0.364. The first-order chi connectivity index (χ1) is 19.8. The van der Waals surface area contributed by atoms with Gasteiger partial charge in [0.1, 0.15) is 17.7 Å². The molecule has 224 valence electrons. The van der Waals surface area contributed by atoms with Crippen molar-refractivity contribution in [1.29, 1.82) is 0 Å². The van der Waals surface area contributed by atoms with Gasteiger partial charge < -0.3 is 20.1 Å². The van der Waals surface area contributed by atoms with Gasteiger partial charge in [0.25, 0.3) is 0 Å². The van der Waals surface area contributed by atoms with Crippen LogP contribution in [0.25, 0.3) is 0 Å². The Morgan fingerprint density at radius 2 is 1.19 bits per heavy atom. The first kappa shape index (κ1) is 33.1. The van der Waals surface area contributed by atoms with E-state index in [2.05, 4.69) is 59.7 Å². The molecular formula is C33H40N2O5S2. The number of nitrogens with one attached hydrogen (secondary N) is 2. The second-order valence-electron chi connectivity index (χ2n) is 11.4. The maximum Gasteiger partial charge on any atom is 0.408 e. The lowest BCUT2D eigenvalue weighted by atomic mass is 9.84. The topological polar surface area (TPSA) is 93.7 Å². The maximum atomic E-state index is 13.8. The van der Waals surface area contributed by atoms with Gasteiger partial charge in [0, 0.05) is 10.5 Å². The minimum absolute atomic E-state index is 0.144. The Morgan fingerprint density at radius 3 is 1.55 bits per heavy atom. The SMILES string of the molecule is COC(=O)[C@@H](NC(=O)[C@H](CSC(c1ccccc1)(c1ccccc1)c1ccccc1)NC(=O)OC(C)(C)C)C(C)(C)S. The van der Waals surface area contributed by atoms with Crippen molar-refractivity contribution < 1.29 is 23.9 Å². The third-order valence-corrected chi connectivity index (χ3v) is 8.34. The minimum atomic E-state index is -1.07. The molecule has 2 atom stereocenters. The molecule has 0 unspecified atom stereocenters. The Bertz CT molecular complexity index is 1230. The molecule has 0 spiro atoms. The molecule has 0 aliphatic carbocycles. The highest BCUT2D eigenvalue weighted by Gasteiger charge is 2.41. The highest BCUT2D eigenvalue weighted by molar-refractivity contribution is 8.00. The van der Waals surface area contributed by atoms with Crippen molar-refractivity contribution in [3.05, 3.63) is 108 Å². The first-order valence-corrected chi connectivity index (χ1v) is 15.1. The number of ether oxygens (including phenoxy) is 2. The number of benzene rings is 3. The number of carbonyl (C=O) groups is 3. The number of hydrogen-bond donors (Lipinski definition) is 3. The summed E-state index contributed by atoms with van der Waals surface area (Å²) >= 11 is 6.03. The minimum Gasteiger partial charge on any atom is -0.467 e. The van der Waals surface area contributed by atoms with Gasteiger partial charge in [0.05, 0.1) is 11.9 Å². The molecule has 3 aromatic carbocycles. The molecule has 0 saturated heterocycles. The van der Waals surface area contributed by atoms with Crippen LogP contribution in [0.2, 0.25) is 0 Å². The van der Waals surface area contributed by atoms with Crippen LogP contribution in [0.15, 0.2) is 91.0 Å². The average Bonchev–Trinajstić information content (AvgIpc) is 2.95. The summed E-state index contributed by atoms with van der Waals surface area (Å²) in [6, 6.07) is 28.0. The number of thiol groups is 1. The van der Waals surface area contributed by atoms with Crippen molar-refractivity contribution in [1.82, 2.24) is 10.6 Å². The number of amides is 2. The van der Waals surface area contributed by atoms with Gasteiger partial charge in [-0.15, -0.1) is 11.8 Å². The number of rotatable bonds is 11. The van der Waals surface area contributed by atoms with E-state index in [0.29, 0.717) is 0 Å². The fourth-order valence-electron chi connectivity index (χ4n) is 4.49. The van der Waals surface area contributed by atoms with E-state index in [4.69, 9.17) is 9.47 Å². The summed E-state index contributed by atoms with van der Waals surface area (Å²) in [5.74, 6) is -1.06. The molecule has 7 nitrogen and oxygen atoms in total. The predicted octanol–water partition coefficient (Wildman–Crippen LogP) is 5.97. The molecule has 0 heterocycles. The van der Waals surface area contributed by atoms with Crippen LogP contribution >= 0.6 is 24.4 Å². The molecule has 3 rings (SSSR count). The van der Waals surface area contributed by atoms with Crippen LogP contribution in [-0.2, 0) is 23.8 Å². The summed E-state index contributed by atoms with van der Waals surface area (Å²) in [6.45, 7) is 8.65. The summed E-state index contributed by atoms with van der Waals surface area (Å²) in [6.07, 6.45) is -0.743. The number of hydrogen-bond acceptors (Lipinski definition) is 7. The standard InChI is InChI=1S/C33H40N2O5S2/c1-31(2,3)40-30(38)34-26(28(36)35-27(29(37)39-6)32(4,5)41)22-42-33(23-16-10-7-11-17-23,24-18-12-8-13-19-24)25-20-14-9-15-21-25/h7-21,26-27,41H,22H2,1-6H3,(H,34,38)(H,35,36)/t26-,27+/m0/s1. The van der Waals surface area contributed by atoms with Crippen molar-refractivity contribution in [2.24, 2.45) is 0 Å². The summed E-state index contributed by atoms with van der Waals surface area (Å²) in [7, 11) is 1.25. The van der Waals surface area contributed by atoms with Crippen LogP contribution in [0.3, 0.4) is 0 Å². The Hall–Kier alpha value is -3.43. The van der Waals surface area contributed by atoms with Crippen LogP contribution in [0.4, 0.5) is 4.79 Å². The lowest BCUT2D eigenvalue weighted by Crippen LogP contribution is -2.58. The van der Waals surface area contributed by atoms with Crippen LogP contribution in [-0.4, -0.2) is 53.3 Å². The molecule has 0 aliphatic heterocycles. The Morgan fingerprint density at radius 1 is 0.762 bits per heavy atom. The first-order valence-electron chi connectivity index (χ1n) is 13.7. The molecule has 3 aromatic rings. The lowest BCUT2D eigenvalue weighted by molar-refractivity contribution is -0.146. The normalized spacial score (nSPS) is 13.4. The molecule has 0 aromatic heterocycles. The molecule has 2 N–H and O–H groups in total. The molecule has 9 heteroatoms. The molecule has 0 aliphatic rings. The predicted molar refractivity (Wildman–Crippen MR) is 172 cm³/mol. The lowest BCUT2D eigenvalue weighted by Gasteiger charge is -2.37. The van der Waals surface area contributed by atoms with Crippen molar-refractivity contribution in [3.63, 3.8) is 0 Å². The summed E-state index contributed by atoms with van der Waals surface area (Å²) < 4.78 is 8.76. The van der Waals surface area contributed by atoms with Crippen molar-refractivity contribution in [2.45, 2.75) is 61.8 Å². The largest absolute Gasteiger partial charge is 0.467 e. The molecular weight excluding hydrogens is 569 g/mol. The van der Waals surface area contributed by atoms with E-state index >= 15 is 0 Å². The van der Waals surface area contributed by atoms with Crippen LogP contribution in [0, 0.1) is 0 Å². The number of thioether (sulfide) groups is 1. The van der Waals surface area contributed by atoms with Gasteiger partial charge in [-0.1, -0.05) is 91.0 Å². The van der Waals surface area contributed by atoms with Crippen LogP contribution < -0.4 is 10.6 Å². The van der Waals surface area contributed by atoms with Gasteiger partial charge in [0.15, 0.2) is 0 Å². The second-order valence-corrected chi connectivity index (χ2v) is 13.8. The van der Waals surface area contributed by atoms with Crippen LogP contribution in [0.1, 0.15) is 51.3 Å². The Kier molecular flexibility index (Phi) is 11.2. The number of alkyl carbamates (subject to hydrolysis) is 1. The Balaban J connectivity index is 2.08. The highest BCUT2D eigenvalue weighted by Crippen LogP contribution is 2.48. The Labute approximate surface area is 258 Å². The van der Waals surface area contributed by atoms with E-state index < -0.39 is 45.1 Å². The van der Waals surface area contributed by atoms with Crippen molar-refractivity contribution in [2.75, 3.05) is 12.9 Å². The zero-order valence-electron chi connectivity index (χ0n) is 24.9. The van der Waals surface area contributed by atoms with Gasteiger partial charge >= 0.3 is 12.1 Å². The smallest absolute Gasteiger partial charge is 0.408 e. The van der Waals surface area contributed by atoms with Crippen molar-refractivity contribution in [3.8, 4) is 0 Å². The van der Waals surface area contributed by atoms with E-state index in [-0.39, 0.29) is 5.75 Å². The van der Waals surface area contributed by atoms with E-state index in [1.165, 1.54) is 18.9 Å². The maximum absolute atomic E-state index is 13.8. The quantitative estimate of drug-likeness (QED) is 0.141. The van der Waals surface area contributed by atoms with Gasteiger partial charge in [0.2, 0.25) is 5.91 Å². The van der Waals surface area contributed by atoms with Gasteiger partial charge in [-0.2, -0.15) is 12.6 Å². The van der Waals surface area contributed by atoms with E-state index in [1.54, 1.807) is 34.6 Å². The van der Waals surface area contributed by atoms with E-state index in [1.807, 2.05) is 54.6 Å². The monoisotopic (exact) mass is 608 g/mol. The zero-order chi connectivity index (χ0) is 31.0. The van der Waals surface area contributed by atoms with Gasteiger partial charge in [-0.25, -0.2) is 9.59 Å². The summed E-state index contributed by atoms with van der Waals surface area (Å²) in [5.41, 5.74) is 2.25. The number of carbonyl (C=O) groups excluding carboxylic acids is 3. The third-order valence-electron chi connectivity index (χ3n) is 6.44. The highest BCUT2D eigenvalue weighted by atomic mass is 32.2. The summed E-state index contributed by atoms with van der Waals surface area (Å²) in [5, 5.41) is 5.50. The molecule has 0 fully saturated rings. The van der Waals surface area contributed by atoms with Gasteiger partial charge in [-0.05, 0) is 51.3 Å². The molecule has 0 saturated carbocycles. The molecule has 0 radical (unpaired) electrons. The van der Waals surface area contributed by atoms with Gasteiger partial charge in [-0.3, -0.25) is 4.79 Å². The molecule has 0 bridgehead atoms. The number of methoxy groups -OCH3 is 1. The van der Waals surface area contributed by atoms with E-state index in [9.17, 15) is 14.4 Å². The molecule has 42 heavy (non-hydrogen) atoms. The van der Waals surface area contributed by atoms with Crippen LogP contribution in [0.5, 0.6) is 0 Å². The number of esters is 1. The second kappa shape index (κ2) is 14.2. The average molecular weight is 609 g/mol. The summed E-state index contributed by atoms with van der Waals surface area (Å²) in [4.78, 5) is 39.4. The fourth-order valence-corrected chi connectivity index (χ4v) is 6.22. The third kappa shape index (κ3) is 8.55.